The highest BCUT2D eigenvalue weighted by Gasteiger charge is 2.34. The molecule has 6 heteroatoms. The number of likely N-dealkylation sites (tertiary alicyclic amines) is 1. The van der Waals surface area contributed by atoms with Gasteiger partial charge in [-0.3, -0.25) is 9.69 Å². The molecule has 3 atom stereocenters. The Bertz CT molecular complexity index is 358. The van der Waals surface area contributed by atoms with Crippen LogP contribution in [-0.2, 0) is 4.79 Å². The Hall–Kier alpha value is -0.0300. The Kier molecular flexibility index (Phi) is 9.20. The predicted molar refractivity (Wildman–Crippen MR) is 99.7 cm³/mol. The highest BCUT2D eigenvalue weighted by Crippen LogP contribution is 2.32. The fourth-order valence-electron chi connectivity index (χ4n) is 4.62. The first kappa shape index (κ1) is 21.0. The monoisotopic (exact) mass is 365 g/mol. The number of piperidine rings is 2. The van der Waals surface area contributed by atoms with E-state index in [0.29, 0.717) is 24.0 Å². The number of amides is 1. The van der Waals surface area contributed by atoms with Crippen LogP contribution in [0, 0.1) is 5.92 Å². The van der Waals surface area contributed by atoms with E-state index in [2.05, 4.69) is 22.5 Å². The van der Waals surface area contributed by atoms with Crippen LogP contribution in [0.25, 0.3) is 0 Å². The van der Waals surface area contributed by atoms with Gasteiger partial charge in [-0.15, -0.1) is 24.8 Å². The lowest BCUT2D eigenvalue weighted by Gasteiger charge is -2.35. The minimum atomic E-state index is 0. The van der Waals surface area contributed by atoms with Gasteiger partial charge >= 0.3 is 0 Å². The predicted octanol–water partition coefficient (Wildman–Crippen LogP) is 2.74. The van der Waals surface area contributed by atoms with E-state index < -0.39 is 0 Å². The maximum Gasteiger partial charge on any atom is 0.220 e. The smallest absolute Gasteiger partial charge is 0.220 e. The molecule has 0 saturated carbocycles. The maximum atomic E-state index is 12.2. The van der Waals surface area contributed by atoms with Gasteiger partial charge in [0.1, 0.15) is 0 Å². The number of nitrogens with one attached hydrogen (secondary N) is 2. The highest BCUT2D eigenvalue weighted by atomic mass is 35.5. The summed E-state index contributed by atoms with van der Waals surface area (Å²) in [5.74, 6) is 0.889. The molecule has 136 valence electrons. The molecule has 0 aromatic rings. The summed E-state index contributed by atoms with van der Waals surface area (Å²) in [6.07, 6.45) is 9.65. The van der Waals surface area contributed by atoms with Crippen LogP contribution in [0.1, 0.15) is 58.3 Å². The number of carbonyl (C=O) groups excluding carboxylic acids is 1. The quantitative estimate of drug-likeness (QED) is 0.787. The van der Waals surface area contributed by atoms with E-state index in [0.717, 1.165) is 19.5 Å². The summed E-state index contributed by atoms with van der Waals surface area (Å²) in [5, 5.41) is 6.87. The van der Waals surface area contributed by atoms with Gasteiger partial charge in [-0.05, 0) is 57.5 Å². The number of hydrogen-bond donors (Lipinski definition) is 2. The van der Waals surface area contributed by atoms with Gasteiger partial charge in [-0.1, -0.05) is 13.3 Å². The average molecular weight is 366 g/mol. The van der Waals surface area contributed by atoms with Crippen molar-refractivity contribution >= 4 is 30.7 Å². The molecule has 3 aliphatic heterocycles. The Morgan fingerprint density at radius 3 is 2.48 bits per heavy atom. The minimum absolute atomic E-state index is 0. The molecule has 3 saturated heterocycles. The largest absolute Gasteiger partial charge is 0.355 e. The normalized spacial score (nSPS) is 33.4. The zero-order valence-electron chi connectivity index (χ0n) is 14.3. The zero-order chi connectivity index (χ0) is 14.7. The Morgan fingerprint density at radius 2 is 1.83 bits per heavy atom. The molecule has 0 radical (unpaired) electrons. The summed E-state index contributed by atoms with van der Waals surface area (Å²) in [6, 6.07) is 1.95. The molecule has 0 spiro atoms. The Balaban J connectivity index is 0.00000132. The van der Waals surface area contributed by atoms with E-state index in [1.807, 2.05) is 0 Å². The first-order valence-electron chi connectivity index (χ1n) is 9.01. The van der Waals surface area contributed by atoms with E-state index in [4.69, 9.17) is 0 Å². The fourth-order valence-corrected chi connectivity index (χ4v) is 4.62. The van der Waals surface area contributed by atoms with Gasteiger partial charge in [0.25, 0.3) is 0 Å². The van der Waals surface area contributed by atoms with Gasteiger partial charge in [-0.25, -0.2) is 0 Å². The first-order valence-corrected chi connectivity index (χ1v) is 9.01. The van der Waals surface area contributed by atoms with E-state index in [1.165, 1.54) is 51.5 Å². The van der Waals surface area contributed by atoms with Crippen LogP contribution in [0.4, 0.5) is 0 Å². The summed E-state index contributed by atoms with van der Waals surface area (Å²) in [7, 11) is 0. The summed E-state index contributed by atoms with van der Waals surface area (Å²) in [6.45, 7) is 5.39. The molecule has 3 heterocycles. The fraction of sp³-hybridized carbons (Fsp3) is 0.941. The van der Waals surface area contributed by atoms with Gasteiger partial charge in [0.05, 0.1) is 0 Å². The second-order valence-corrected chi connectivity index (χ2v) is 7.26. The lowest BCUT2D eigenvalue weighted by atomic mass is 9.89. The Labute approximate surface area is 153 Å². The average Bonchev–Trinajstić information content (AvgIpc) is 2.84. The van der Waals surface area contributed by atoms with Gasteiger partial charge in [0.2, 0.25) is 5.91 Å². The van der Waals surface area contributed by atoms with Crippen molar-refractivity contribution < 1.29 is 4.79 Å². The van der Waals surface area contributed by atoms with Crippen LogP contribution >= 0.6 is 24.8 Å². The van der Waals surface area contributed by atoms with Crippen molar-refractivity contribution in [2.24, 2.45) is 5.92 Å². The molecular formula is C17H33Cl2N3O. The second-order valence-electron chi connectivity index (χ2n) is 7.26. The number of hydrogen-bond acceptors (Lipinski definition) is 3. The van der Waals surface area contributed by atoms with Crippen molar-refractivity contribution in [1.82, 2.24) is 15.5 Å². The van der Waals surface area contributed by atoms with Gasteiger partial charge in [0.15, 0.2) is 0 Å². The third kappa shape index (κ3) is 5.77. The van der Waals surface area contributed by atoms with Crippen LogP contribution in [0.2, 0.25) is 0 Å². The van der Waals surface area contributed by atoms with Crippen LogP contribution in [-0.4, -0.2) is 48.6 Å². The number of likely N-dealkylation sites (N-methyl/N-ethyl adjacent to an activating group) is 1. The molecule has 3 rings (SSSR count). The van der Waals surface area contributed by atoms with E-state index in [9.17, 15) is 4.79 Å². The molecule has 0 aliphatic carbocycles. The SMILES string of the molecule is CCN1CCCCC1CNC(=O)CC1CC2CCC(C1)N2.Cl.Cl. The number of fused-ring (bicyclic) bond motifs is 2. The lowest BCUT2D eigenvalue weighted by molar-refractivity contribution is -0.122. The van der Waals surface area contributed by atoms with E-state index in [-0.39, 0.29) is 30.7 Å². The standard InChI is InChI=1S/C17H31N3O.2ClH/c1-2-20-8-4-3-5-16(20)12-18-17(21)11-13-9-14-6-7-15(10-13)19-14;;/h13-16,19H,2-12H2,1H3,(H,18,21);2*1H. The summed E-state index contributed by atoms with van der Waals surface area (Å²) in [4.78, 5) is 14.8. The van der Waals surface area contributed by atoms with Gasteiger partial charge < -0.3 is 10.6 Å². The third-order valence-electron chi connectivity index (χ3n) is 5.73. The topological polar surface area (TPSA) is 44.4 Å². The van der Waals surface area contributed by atoms with Crippen LogP contribution < -0.4 is 10.6 Å². The summed E-state index contributed by atoms with van der Waals surface area (Å²) >= 11 is 0. The molecule has 0 aromatic heterocycles. The van der Waals surface area contributed by atoms with Crippen molar-refractivity contribution in [3.8, 4) is 0 Å². The van der Waals surface area contributed by atoms with Gasteiger partial charge in [0, 0.05) is 31.1 Å². The third-order valence-corrected chi connectivity index (χ3v) is 5.73. The molecule has 2 N–H and O–H groups in total. The molecule has 23 heavy (non-hydrogen) atoms. The minimum Gasteiger partial charge on any atom is -0.355 e. The first-order chi connectivity index (χ1) is 10.2. The van der Waals surface area contributed by atoms with Crippen molar-refractivity contribution in [2.75, 3.05) is 19.6 Å². The molecule has 2 bridgehead atoms. The van der Waals surface area contributed by atoms with Crippen LogP contribution in [0.15, 0.2) is 0 Å². The van der Waals surface area contributed by atoms with E-state index in [1.54, 1.807) is 0 Å². The molecule has 3 unspecified atom stereocenters. The summed E-state index contributed by atoms with van der Waals surface area (Å²) < 4.78 is 0. The molecule has 1 amide bonds. The Morgan fingerprint density at radius 1 is 1.13 bits per heavy atom. The van der Waals surface area contributed by atoms with Crippen LogP contribution in [0.5, 0.6) is 0 Å². The molecule has 3 fully saturated rings. The maximum absolute atomic E-state index is 12.2. The molecule has 4 nitrogen and oxygen atoms in total. The van der Waals surface area contributed by atoms with Crippen molar-refractivity contribution in [2.45, 2.75) is 76.4 Å². The lowest BCUT2D eigenvalue weighted by Crippen LogP contribution is -2.47. The highest BCUT2D eigenvalue weighted by molar-refractivity contribution is 5.85. The summed E-state index contributed by atoms with van der Waals surface area (Å²) in [5.41, 5.74) is 0. The van der Waals surface area contributed by atoms with E-state index >= 15 is 0 Å². The number of rotatable bonds is 5. The number of nitrogens with zero attached hydrogens (tertiary/aromatic N) is 1. The molecular weight excluding hydrogens is 333 g/mol. The second kappa shape index (κ2) is 10.1. The zero-order valence-corrected chi connectivity index (χ0v) is 15.9. The number of carbonyl (C=O) groups is 1. The number of halogens is 2. The molecule has 0 aromatic carbocycles. The van der Waals surface area contributed by atoms with Crippen molar-refractivity contribution in [1.29, 1.82) is 0 Å². The van der Waals surface area contributed by atoms with Crippen molar-refractivity contribution in [3.05, 3.63) is 0 Å². The van der Waals surface area contributed by atoms with Crippen LogP contribution in [0.3, 0.4) is 0 Å². The molecule has 3 aliphatic rings. The van der Waals surface area contributed by atoms with Gasteiger partial charge in [-0.2, -0.15) is 0 Å². The van der Waals surface area contributed by atoms with Crippen molar-refractivity contribution in [3.63, 3.8) is 0 Å².